The average molecular weight is 286 g/mol. The van der Waals surface area contributed by atoms with Crippen LogP contribution >= 0.6 is 12.4 Å². The standard InChI is InChI=1S/C10H23N3O2S.ClH/c1-9(8-11)12-16(14,15)13(2)10-6-4-3-5-7-10;/h9-10,12H,3-8,11H2,1-2H3;1H/t9-;/m1./s1. The molecule has 0 radical (unpaired) electrons. The number of hydrogen-bond donors (Lipinski definition) is 2. The molecule has 1 rings (SSSR count). The summed E-state index contributed by atoms with van der Waals surface area (Å²) in [5, 5.41) is 0. The van der Waals surface area contributed by atoms with Crippen LogP contribution in [-0.2, 0) is 10.2 Å². The lowest BCUT2D eigenvalue weighted by atomic mass is 9.96. The number of hydrogen-bond acceptors (Lipinski definition) is 3. The van der Waals surface area contributed by atoms with Crippen molar-refractivity contribution in [3.8, 4) is 0 Å². The number of nitrogens with one attached hydrogen (secondary N) is 1. The summed E-state index contributed by atoms with van der Waals surface area (Å²) in [4.78, 5) is 0. The molecular weight excluding hydrogens is 262 g/mol. The molecule has 0 aromatic carbocycles. The van der Waals surface area contributed by atoms with Gasteiger partial charge in [0.1, 0.15) is 0 Å². The number of rotatable bonds is 5. The molecule has 0 spiro atoms. The molecule has 0 aromatic rings. The Hall–Kier alpha value is 0.120. The molecule has 3 N–H and O–H groups in total. The van der Waals surface area contributed by atoms with Crippen LogP contribution in [0.2, 0.25) is 0 Å². The Kier molecular flexibility index (Phi) is 7.58. The third-order valence-electron chi connectivity index (χ3n) is 3.17. The van der Waals surface area contributed by atoms with Gasteiger partial charge in [0.05, 0.1) is 0 Å². The van der Waals surface area contributed by atoms with Crippen molar-refractivity contribution >= 4 is 22.6 Å². The summed E-state index contributed by atoms with van der Waals surface area (Å²) >= 11 is 0. The van der Waals surface area contributed by atoms with Gasteiger partial charge in [0.15, 0.2) is 0 Å². The Morgan fingerprint density at radius 2 is 1.88 bits per heavy atom. The molecule has 0 aromatic heterocycles. The molecule has 1 aliphatic carbocycles. The van der Waals surface area contributed by atoms with E-state index in [0.29, 0.717) is 6.54 Å². The Morgan fingerprint density at radius 1 is 1.35 bits per heavy atom. The first-order chi connectivity index (χ1) is 7.47. The molecule has 17 heavy (non-hydrogen) atoms. The van der Waals surface area contributed by atoms with Crippen LogP contribution in [0, 0.1) is 0 Å². The first kappa shape index (κ1) is 17.1. The van der Waals surface area contributed by atoms with Gasteiger partial charge in [-0.05, 0) is 19.8 Å². The summed E-state index contributed by atoms with van der Waals surface area (Å²) in [5.41, 5.74) is 5.41. The van der Waals surface area contributed by atoms with Crippen molar-refractivity contribution in [2.24, 2.45) is 5.73 Å². The molecule has 1 saturated carbocycles. The Balaban J connectivity index is 0.00000256. The fourth-order valence-electron chi connectivity index (χ4n) is 2.03. The van der Waals surface area contributed by atoms with Gasteiger partial charge in [-0.3, -0.25) is 0 Å². The smallest absolute Gasteiger partial charge is 0.279 e. The van der Waals surface area contributed by atoms with E-state index in [2.05, 4.69) is 4.72 Å². The lowest BCUT2D eigenvalue weighted by Gasteiger charge is -2.31. The van der Waals surface area contributed by atoms with E-state index in [-0.39, 0.29) is 24.5 Å². The summed E-state index contributed by atoms with van der Waals surface area (Å²) in [6.45, 7) is 2.09. The molecule has 0 bridgehead atoms. The molecule has 0 saturated heterocycles. The van der Waals surface area contributed by atoms with Gasteiger partial charge in [-0.15, -0.1) is 12.4 Å². The van der Waals surface area contributed by atoms with Crippen molar-refractivity contribution in [1.29, 1.82) is 0 Å². The molecule has 1 atom stereocenters. The lowest BCUT2D eigenvalue weighted by Crippen LogP contribution is -2.49. The molecule has 7 heteroatoms. The molecular formula is C10H24ClN3O2S. The molecule has 0 aliphatic heterocycles. The number of nitrogens with two attached hydrogens (primary N) is 1. The van der Waals surface area contributed by atoms with Crippen molar-refractivity contribution in [2.75, 3.05) is 13.6 Å². The van der Waals surface area contributed by atoms with Gasteiger partial charge in [0.25, 0.3) is 10.2 Å². The molecule has 1 aliphatic rings. The van der Waals surface area contributed by atoms with Gasteiger partial charge in [-0.25, -0.2) is 0 Å². The molecule has 1 fully saturated rings. The Labute approximate surface area is 111 Å². The zero-order chi connectivity index (χ0) is 12.2. The van der Waals surface area contributed by atoms with Crippen LogP contribution in [0.5, 0.6) is 0 Å². The minimum absolute atomic E-state index is 0. The highest BCUT2D eigenvalue weighted by Gasteiger charge is 2.28. The van der Waals surface area contributed by atoms with Crippen molar-refractivity contribution in [1.82, 2.24) is 9.03 Å². The van der Waals surface area contributed by atoms with Crippen LogP contribution < -0.4 is 10.5 Å². The highest BCUT2D eigenvalue weighted by Crippen LogP contribution is 2.22. The molecule has 5 nitrogen and oxygen atoms in total. The van der Waals surface area contributed by atoms with Crippen molar-refractivity contribution < 1.29 is 8.42 Å². The normalized spacial score (nSPS) is 20.0. The maximum absolute atomic E-state index is 12.0. The number of halogens is 1. The van der Waals surface area contributed by atoms with Gasteiger partial charge in [-0.2, -0.15) is 17.4 Å². The van der Waals surface area contributed by atoms with Crippen LogP contribution in [0.25, 0.3) is 0 Å². The van der Waals surface area contributed by atoms with E-state index >= 15 is 0 Å². The monoisotopic (exact) mass is 285 g/mol. The van der Waals surface area contributed by atoms with E-state index in [4.69, 9.17) is 5.73 Å². The predicted octanol–water partition coefficient (Wildman–Crippen LogP) is 0.854. The first-order valence-electron chi connectivity index (χ1n) is 5.92. The zero-order valence-electron chi connectivity index (χ0n) is 10.6. The van der Waals surface area contributed by atoms with Crippen LogP contribution in [0.4, 0.5) is 0 Å². The van der Waals surface area contributed by atoms with Gasteiger partial charge >= 0.3 is 0 Å². The predicted molar refractivity (Wildman–Crippen MR) is 72.5 cm³/mol. The van der Waals surface area contributed by atoms with Crippen LogP contribution in [0.3, 0.4) is 0 Å². The van der Waals surface area contributed by atoms with E-state index in [1.165, 1.54) is 10.7 Å². The Bertz CT molecular complexity index is 305. The van der Waals surface area contributed by atoms with Crippen LogP contribution in [-0.4, -0.2) is 38.4 Å². The second-order valence-corrected chi connectivity index (χ2v) is 6.33. The maximum atomic E-state index is 12.0. The molecule has 0 amide bonds. The van der Waals surface area contributed by atoms with E-state index in [1.54, 1.807) is 14.0 Å². The minimum atomic E-state index is -3.37. The SMILES string of the molecule is C[C@H](CN)NS(=O)(=O)N(C)C1CCCCC1.Cl. The molecule has 0 heterocycles. The quantitative estimate of drug-likeness (QED) is 0.786. The largest absolute Gasteiger partial charge is 0.329 e. The topological polar surface area (TPSA) is 75.4 Å². The number of nitrogens with zero attached hydrogens (tertiary/aromatic N) is 1. The van der Waals surface area contributed by atoms with Crippen LogP contribution in [0.1, 0.15) is 39.0 Å². The van der Waals surface area contributed by atoms with Gasteiger partial charge < -0.3 is 5.73 Å². The van der Waals surface area contributed by atoms with Gasteiger partial charge in [0.2, 0.25) is 0 Å². The highest BCUT2D eigenvalue weighted by atomic mass is 35.5. The summed E-state index contributed by atoms with van der Waals surface area (Å²) in [6.07, 6.45) is 5.40. The first-order valence-corrected chi connectivity index (χ1v) is 7.36. The third kappa shape index (κ3) is 5.09. The average Bonchev–Trinajstić information content (AvgIpc) is 2.28. The second-order valence-electron chi connectivity index (χ2n) is 4.57. The zero-order valence-corrected chi connectivity index (χ0v) is 12.2. The van der Waals surface area contributed by atoms with E-state index in [0.717, 1.165) is 25.7 Å². The van der Waals surface area contributed by atoms with Crippen LogP contribution in [0.15, 0.2) is 0 Å². The minimum Gasteiger partial charge on any atom is -0.329 e. The third-order valence-corrected chi connectivity index (χ3v) is 4.93. The van der Waals surface area contributed by atoms with E-state index < -0.39 is 10.2 Å². The fourth-order valence-corrected chi connectivity index (χ4v) is 3.40. The van der Waals surface area contributed by atoms with Gasteiger partial charge in [0, 0.05) is 25.7 Å². The maximum Gasteiger partial charge on any atom is 0.279 e. The van der Waals surface area contributed by atoms with Crippen molar-refractivity contribution in [3.63, 3.8) is 0 Å². The fraction of sp³-hybridized carbons (Fsp3) is 1.00. The summed E-state index contributed by atoms with van der Waals surface area (Å²) in [6, 6.07) is -0.0627. The van der Waals surface area contributed by atoms with Gasteiger partial charge in [-0.1, -0.05) is 19.3 Å². The molecule has 0 unspecified atom stereocenters. The molecule has 104 valence electrons. The lowest BCUT2D eigenvalue weighted by molar-refractivity contribution is 0.282. The Morgan fingerprint density at radius 3 is 2.35 bits per heavy atom. The van der Waals surface area contributed by atoms with E-state index in [1.807, 2.05) is 0 Å². The summed E-state index contributed by atoms with van der Waals surface area (Å²) in [7, 11) is -1.71. The summed E-state index contributed by atoms with van der Waals surface area (Å²) in [5.74, 6) is 0. The highest BCUT2D eigenvalue weighted by molar-refractivity contribution is 7.87. The van der Waals surface area contributed by atoms with Crippen molar-refractivity contribution in [3.05, 3.63) is 0 Å². The second kappa shape index (κ2) is 7.53. The summed E-state index contributed by atoms with van der Waals surface area (Å²) < 4.78 is 28.0. The van der Waals surface area contributed by atoms with Crippen molar-refractivity contribution in [2.45, 2.75) is 51.1 Å². The van der Waals surface area contributed by atoms with E-state index in [9.17, 15) is 8.42 Å².